The van der Waals surface area contributed by atoms with Crippen molar-refractivity contribution in [3.8, 4) is 0 Å². The molecule has 0 radical (unpaired) electrons. The molecule has 0 aromatic rings. The van der Waals surface area contributed by atoms with Gasteiger partial charge >= 0.3 is 11.9 Å². The van der Waals surface area contributed by atoms with Crippen LogP contribution in [0.25, 0.3) is 0 Å². The van der Waals surface area contributed by atoms with Crippen molar-refractivity contribution >= 4 is 11.9 Å². The van der Waals surface area contributed by atoms with E-state index < -0.39 is 6.10 Å². The summed E-state index contributed by atoms with van der Waals surface area (Å²) < 4.78 is 17.5. The van der Waals surface area contributed by atoms with Gasteiger partial charge in [-0.2, -0.15) is 0 Å². The number of carbonyl (C=O) groups excluding carboxylic acids is 2. The monoisotopic (exact) mass is 897 g/mol. The van der Waals surface area contributed by atoms with E-state index in [0.29, 0.717) is 19.4 Å². The van der Waals surface area contributed by atoms with Crippen molar-refractivity contribution in [2.75, 3.05) is 19.8 Å². The quantitative estimate of drug-likeness (QED) is 0.0346. The number of carbonyl (C=O) groups is 2. The van der Waals surface area contributed by atoms with Crippen LogP contribution in [0, 0.1) is 0 Å². The summed E-state index contributed by atoms with van der Waals surface area (Å²) in [4.78, 5) is 25.5. The van der Waals surface area contributed by atoms with Gasteiger partial charge in [0.2, 0.25) is 0 Å². The van der Waals surface area contributed by atoms with Crippen molar-refractivity contribution in [3.05, 3.63) is 48.6 Å². The van der Waals surface area contributed by atoms with Gasteiger partial charge in [-0.15, -0.1) is 0 Å². The fourth-order valence-electron chi connectivity index (χ4n) is 8.17. The molecule has 64 heavy (non-hydrogen) atoms. The fraction of sp³-hybridized carbons (Fsp3) is 0.831. The van der Waals surface area contributed by atoms with Gasteiger partial charge < -0.3 is 14.2 Å². The minimum Gasteiger partial charge on any atom is -0.462 e. The SMILES string of the molecule is CC/C=C\C/C=C\C/C=C\CCCCCCCCCC(=O)OC(COCCCCCCCCCCCCCC)COC(=O)CCCCCCCCCCC/C=C\CCCCCCCC. The second-order valence-electron chi connectivity index (χ2n) is 18.8. The second-order valence-corrected chi connectivity index (χ2v) is 18.8. The van der Waals surface area contributed by atoms with E-state index in [9.17, 15) is 9.59 Å². The summed E-state index contributed by atoms with van der Waals surface area (Å²) in [6.07, 6.45) is 68.4. The zero-order chi connectivity index (χ0) is 46.3. The standard InChI is InChI=1S/C59H108O5/c1-4-7-10-13-16-19-22-25-27-29-30-32-33-35-37-40-43-46-49-52-58(60)63-56-57(55-62-54-51-48-45-42-39-24-21-18-15-12-9-6-3)64-59(61)53-50-47-44-41-38-36-34-31-28-26-23-20-17-14-11-8-5-2/h8,11,17,20,25-28,57H,4-7,9-10,12-16,18-19,21-24,29-56H2,1-3H3/b11-8-,20-17-,27-25-,28-26-. The highest BCUT2D eigenvalue weighted by molar-refractivity contribution is 5.70. The molecule has 1 unspecified atom stereocenters. The molecule has 0 heterocycles. The molecule has 0 rings (SSSR count). The summed E-state index contributed by atoms with van der Waals surface area (Å²) >= 11 is 0. The van der Waals surface area contributed by atoms with Crippen LogP contribution < -0.4 is 0 Å². The van der Waals surface area contributed by atoms with Gasteiger partial charge in [-0.05, 0) is 77.0 Å². The summed E-state index contributed by atoms with van der Waals surface area (Å²) in [6.45, 7) is 7.75. The molecule has 0 saturated heterocycles. The number of unbranched alkanes of at least 4 members (excludes halogenated alkanes) is 33. The Labute approximate surface area is 399 Å². The zero-order valence-corrected chi connectivity index (χ0v) is 43.1. The van der Waals surface area contributed by atoms with Crippen molar-refractivity contribution in [2.24, 2.45) is 0 Å². The van der Waals surface area contributed by atoms with Crippen molar-refractivity contribution in [1.29, 1.82) is 0 Å². The molecular weight excluding hydrogens is 789 g/mol. The van der Waals surface area contributed by atoms with E-state index in [1.165, 1.54) is 193 Å². The van der Waals surface area contributed by atoms with Gasteiger partial charge in [-0.25, -0.2) is 0 Å². The minimum atomic E-state index is -0.539. The van der Waals surface area contributed by atoms with Gasteiger partial charge in [0.1, 0.15) is 6.61 Å². The third-order valence-corrected chi connectivity index (χ3v) is 12.3. The highest BCUT2D eigenvalue weighted by atomic mass is 16.6. The summed E-state index contributed by atoms with van der Waals surface area (Å²) in [5.74, 6) is -0.396. The molecule has 1 atom stereocenters. The average molecular weight is 898 g/mol. The molecule has 0 spiro atoms. The average Bonchev–Trinajstić information content (AvgIpc) is 3.30. The van der Waals surface area contributed by atoms with Gasteiger partial charge in [0.25, 0.3) is 0 Å². The number of esters is 2. The Morgan fingerprint density at radius 1 is 0.359 bits per heavy atom. The molecule has 0 N–H and O–H groups in total. The highest BCUT2D eigenvalue weighted by Gasteiger charge is 2.17. The Kier molecular flexibility index (Phi) is 53.3. The number of hydrogen-bond donors (Lipinski definition) is 0. The van der Waals surface area contributed by atoms with Crippen molar-refractivity contribution in [1.82, 2.24) is 0 Å². The van der Waals surface area contributed by atoms with Crippen LogP contribution in [0.5, 0.6) is 0 Å². The van der Waals surface area contributed by atoms with Crippen LogP contribution in [-0.2, 0) is 23.8 Å². The number of hydrogen-bond acceptors (Lipinski definition) is 5. The number of rotatable bonds is 52. The first kappa shape index (κ1) is 61.9. The van der Waals surface area contributed by atoms with Gasteiger partial charge in [0.05, 0.1) is 6.61 Å². The maximum Gasteiger partial charge on any atom is 0.306 e. The smallest absolute Gasteiger partial charge is 0.306 e. The molecule has 0 bridgehead atoms. The van der Waals surface area contributed by atoms with E-state index in [1.54, 1.807) is 0 Å². The number of allylic oxidation sites excluding steroid dienone is 8. The minimum absolute atomic E-state index is 0.0838. The van der Waals surface area contributed by atoms with Crippen molar-refractivity contribution < 1.29 is 23.8 Å². The summed E-state index contributed by atoms with van der Waals surface area (Å²) in [6, 6.07) is 0. The first-order valence-corrected chi connectivity index (χ1v) is 28.2. The first-order chi connectivity index (χ1) is 31.6. The molecule has 0 aliphatic carbocycles. The predicted molar refractivity (Wildman–Crippen MR) is 279 cm³/mol. The Balaban J connectivity index is 4.22. The molecule has 0 aromatic carbocycles. The molecular formula is C59H108O5. The summed E-state index contributed by atoms with van der Waals surface area (Å²) in [5, 5.41) is 0. The number of ether oxygens (including phenoxy) is 3. The Morgan fingerprint density at radius 2 is 0.703 bits per heavy atom. The largest absolute Gasteiger partial charge is 0.462 e. The van der Waals surface area contributed by atoms with Crippen molar-refractivity contribution in [2.45, 2.75) is 297 Å². The summed E-state index contributed by atoms with van der Waals surface area (Å²) in [7, 11) is 0. The normalized spacial score (nSPS) is 12.5. The second kappa shape index (κ2) is 55.2. The topological polar surface area (TPSA) is 61.8 Å². The van der Waals surface area contributed by atoms with E-state index in [-0.39, 0.29) is 25.2 Å². The molecule has 0 aromatic heterocycles. The molecule has 5 nitrogen and oxygen atoms in total. The lowest BCUT2D eigenvalue weighted by Crippen LogP contribution is -2.30. The molecule has 0 aliphatic rings. The van der Waals surface area contributed by atoms with Crippen molar-refractivity contribution in [3.63, 3.8) is 0 Å². The summed E-state index contributed by atoms with van der Waals surface area (Å²) in [5.41, 5.74) is 0. The van der Waals surface area contributed by atoms with Crippen LogP contribution >= 0.6 is 0 Å². The van der Waals surface area contributed by atoms with E-state index in [1.807, 2.05) is 0 Å². The molecule has 0 amide bonds. The molecule has 5 heteroatoms. The Morgan fingerprint density at radius 3 is 1.14 bits per heavy atom. The molecule has 0 aliphatic heterocycles. The third kappa shape index (κ3) is 52.5. The Bertz CT molecular complexity index is 1060. The maximum absolute atomic E-state index is 12.8. The first-order valence-electron chi connectivity index (χ1n) is 28.2. The van der Waals surface area contributed by atoms with E-state index in [0.717, 1.165) is 64.2 Å². The lowest BCUT2D eigenvalue weighted by molar-refractivity contribution is -0.163. The predicted octanol–water partition coefficient (Wildman–Crippen LogP) is 19.1. The van der Waals surface area contributed by atoms with E-state index in [2.05, 4.69) is 69.4 Å². The van der Waals surface area contributed by atoms with Crippen LogP contribution in [0.1, 0.15) is 290 Å². The molecule has 0 fully saturated rings. The third-order valence-electron chi connectivity index (χ3n) is 12.3. The highest BCUT2D eigenvalue weighted by Crippen LogP contribution is 2.16. The van der Waals surface area contributed by atoms with E-state index in [4.69, 9.17) is 14.2 Å². The van der Waals surface area contributed by atoms with Gasteiger partial charge in [-0.3, -0.25) is 9.59 Å². The lowest BCUT2D eigenvalue weighted by atomic mass is 10.1. The Hall–Kier alpha value is -2.14. The fourth-order valence-corrected chi connectivity index (χ4v) is 8.17. The van der Waals surface area contributed by atoms with Gasteiger partial charge in [0.15, 0.2) is 6.10 Å². The zero-order valence-electron chi connectivity index (χ0n) is 43.1. The van der Waals surface area contributed by atoms with Crippen LogP contribution in [0.4, 0.5) is 0 Å². The molecule has 0 saturated carbocycles. The van der Waals surface area contributed by atoms with Crippen LogP contribution in [0.3, 0.4) is 0 Å². The van der Waals surface area contributed by atoms with Crippen LogP contribution in [-0.4, -0.2) is 37.9 Å². The van der Waals surface area contributed by atoms with Crippen LogP contribution in [0.15, 0.2) is 48.6 Å². The lowest BCUT2D eigenvalue weighted by Gasteiger charge is -2.18. The van der Waals surface area contributed by atoms with Crippen LogP contribution in [0.2, 0.25) is 0 Å². The van der Waals surface area contributed by atoms with Gasteiger partial charge in [0, 0.05) is 19.4 Å². The van der Waals surface area contributed by atoms with E-state index >= 15 is 0 Å². The van der Waals surface area contributed by atoms with Gasteiger partial charge in [-0.1, -0.05) is 249 Å². The molecule has 374 valence electrons. The maximum atomic E-state index is 12.8.